The van der Waals surface area contributed by atoms with Crippen molar-refractivity contribution in [2.75, 3.05) is 0 Å². The third-order valence-corrected chi connectivity index (χ3v) is 11.0. The molecule has 3 nitrogen and oxygen atoms in total. The van der Waals surface area contributed by atoms with Crippen LogP contribution >= 0.6 is 11.3 Å². The highest BCUT2D eigenvalue weighted by atomic mass is 32.1. The molecule has 246 valence electrons. The van der Waals surface area contributed by atoms with Gasteiger partial charge in [-0.2, -0.15) is 0 Å². The van der Waals surface area contributed by atoms with Crippen LogP contribution in [0.3, 0.4) is 0 Å². The van der Waals surface area contributed by atoms with E-state index in [0.29, 0.717) is 32.0 Å². The second-order valence-electron chi connectivity index (χ2n) is 13.6. The van der Waals surface area contributed by atoms with Crippen molar-refractivity contribution >= 4 is 31.5 Å². The zero-order chi connectivity index (χ0) is 40.0. The molecule has 4 heteroatoms. The second-order valence-corrected chi connectivity index (χ2v) is 14.6. The molecule has 1 aliphatic carbocycles. The van der Waals surface area contributed by atoms with Gasteiger partial charge in [-0.25, -0.2) is 15.0 Å². The van der Waals surface area contributed by atoms with E-state index in [1.165, 1.54) is 11.1 Å². The fourth-order valence-electron chi connectivity index (χ4n) is 7.28. The lowest BCUT2D eigenvalue weighted by Crippen LogP contribution is -2.15. The van der Waals surface area contributed by atoms with E-state index in [1.54, 1.807) is 12.1 Å². The van der Waals surface area contributed by atoms with Crippen LogP contribution in [-0.2, 0) is 5.41 Å². The van der Waals surface area contributed by atoms with Gasteiger partial charge >= 0.3 is 0 Å². The van der Waals surface area contributed by atoms with Crippen molar-refractivity contribution in [1.82, 2.24) is 15.0 Å². The lowest BCUT2D eigenvalue weighted by molar-refractivity contribution is 0.660. The van der Waals surface area contributed by atoms with Crippen LogP contribution in [0.1, 0.15) is 33.2 Å². The minimum atomic E-state index is -0.268. The molecule has 9 aromatic rings. The van der Waals surface area contributed by atoms with Gasteiger partial charge in [-0.05, 0) is 68.7 Å². The Morgan fingerprint density at radius 2 is 1.00 bits per heavy atom. The highest BCUT2D eigenvalue weighted by Gasteiger charge is 2.35. The van der Waals surface area contributed by atoms with E-state index in [1.807, 2.05) is 66.7 Å². The van der Waals surface area contributed by atoms with Crippen LogP contribution in [0.25, 0.3) is 87.7 Å². The Bertz CT molecular complexity index is 3150. The molecule has 52 heavy (non-hydrogen) atoms. The number of benzene rings is 7. The first kappa shape index (κ1) is 24.8. The van der Waals surface area contributed by atoms with Gasteiger partial charge in [0.25, 0.3) is 0 Å². The number of fused-ring (bicyclic) bond motifs is 6. The predicted octanol–water partition coefficient (Wildman–Crippen LogP) is 12.9. The average molecular weight is 690 g/mol. The molecule has 0 spiro atoms. The van der Waals surface area contributed by atoms with E-state index in [2.05, 4.69) is 62.4 Å². The van der Waals surface area contributed by atoms with E-state index < -0.39 is 0 Å². The van der Waals surface area contributed by atoms with Crippen LogP contribution in [0.15, 0.2) is 164 Å². The van der Waals surface area contributed by atoms with Crippen molar-refractivity contribution in [2.24, 2.45) is 0 Å². The Morgan fingerprint density at radius 3 is 1.75 bits per heavy atom. The van der Waals surface area contributed by atoms with E-state index in [9.17, 15) is 5.48 Å². The lowest BCUT2D eigenvalue weighted by atomic mass is 9.82. The molecule has 0 radical (unpaired) electrons. The summed E-state index contributed by atoms with van der Waals surface area (Å²) in [7, 11) is 0. The molecule has 0 fully saturated rings. The highest BCUT2D eigenvalue weighted by Crippen LogP contribution is 2.49. The quantitative estimate of drug-likeness (QED) is 0.181. The maximum Gasteiger partial charge on any atom is 0.164 e. The molecule has 2 heterocycles. The molecule has 7 aromatic carbocycles. The Labute approximate surface area is 315 Å². The van der Waals surface area contributed by atoms with Crippen LogP contribution in [0.2, 0.25) is 0 Å². The molecule has 0 aliphatic heterocycles. The first-order valence-electron chi connectivity index (χ1n) is 20.2. The molecule has 1 aliphatic rings. The molecule has 0 saturated carbocycles. The van der Waals surface area contributed by atoms with E-state index in [0.717, 1.165) is 44.7 Å². The number of aromatic nitrogens is 3. The Morgan fingerprint density at radius 1 is 0.442 bits per heavy atom. The van der Waals surface area contributed by atoms with Gasteiger partial charge < -0.3 is 0 Å². The smallest absolute Gasteiger partial charge is 0.164 e. The fourth-order valence-corrected chi connectivity index (χ4v) is 8.25. The molecule has 0 amide bonds. The van der Waals surface area contributed by atoms with Crippen LogP contribution in [-0.4, -0.2) is 15.0 Å². The minimum absolute atomic E-state index is 0.00105. The molecule has 10 rings (SSSR count). The molecule has 0 saturated heterocycles. The van der Waals surface area contributed by atoms with Gasteiger partial charge in [0, 0.05) is 42.3 Å². The topological polar surface area (TPSA) is 38.7 Å². The summed E-state index contributed by atoms with van der Waals surface area (Å²) in [5.41, 5.74) is 9.02. The monoisotopic (exact) mass is 689 g/mol. The van der Waals surface area contributed by atoms with Gasteiger partial charge in [0.2, 0.25) is 0 Å². The molecular formula is C48H33N3S. The largest absolute Gasteiger partial charge is 0.208 e. The first-order chi connectivity index (χ1) is 28.0. The lowest BCUT2D eigenvalue weighted by Gasteiger charge is -2.21. The third kappa shape index (κ3) is 5.06. The standard InChI is InChI=1S/C48H33N3S/c1-48(2)41-16-10-9-15-37(41)38-24-21-35(28-42(38)48)46-49-45(33-19-17-32(18-20-33)30-11-5-3-6-12-30)50-47(51-46)36-22-25-39-40-27-34(31-13-7-4-8-14-31)23-26-43(40)52-44(39)29-36/h3-29H,1-2H3/i22D,23D,25D,26D,27D,29D. The summed E-state index contributed by atoms with van der Waals surface area (Å²) in [5.74, 6) is 0.816. The second kappa shape index (κ2) is 11.9. The molecule has 0 N–H and O–H groups in total. The molecule has 0 bridgehead atoms. The molecular weight excluding hydrogens is 651 g/mol. The molecule has 0 atom stereocenters. The normalized spacial score (nSPS) is 14.6. The summed E-state index contributed by atoms with van der Waals surface area (Å²) in [5, 5.41) is 0.552. The van der Waals surface area contributed by atoms with E-state index in [4.69, 9.17) is 17.7 Å². The SMILES string of the molecule is [2H]c1c(-c2ccccc2)c([2H])c2c(sc3c([2H])c(-c4nc(-c5ccc(-c6ccccc6)cc5)nc(-c5ccc6c(c5)C(C)(C)c5ccccc5-6)n4)c([2H])c([2H])c32)c1[2H]. The van der Waals surface area contributed by atoms with Crippen molar-refractivity contribution < 1.29 is 8.22 Å². The number of hydrogen-bond acceptors (Lipinski definition) is 4. The summed E-state index contributed by atoms with van der Waals surface area (Å²) in [6, 6.07) is 41.1. The number of hydrogen-bond donors (Lipinski definition) is 0. The Balaban J connectivity index is 1.20. The van der Waals surface area contributed by atoms with Crippen LogP contribution < -0.4 is 0 Å². The van der Waals surface area contributed by atoms with Crippen LogP contribution in [0.4, 0.5) is 0 Å². The zero-order valence-corrected chi connectivity index (χ0v) is 29.2. The van der Waals surface area contributed by atoms with Crippen LogP contribution in [0, 0.1) is 0 Å². The zero-order valence-electron chi connectivity index (χ0n) is 34.4. The summed E-state index contributed by atoms with van der Waals surface area (Å²) in [6.45, 7) is 4.43. The highest BCUT2D eigenvalue weighted by molar-refractivity contribution is 7.25. The predicted molar refractivity (Wildman–Crippen MR) is 217 cm³/mol. The maximum atomic E-state index is 9.60. The van der Waals surface area contributed by atoms with Crippen molar-refractivity contribution in [3.8, 4) is 67.5 Å². The fraction of sp³-hybridized carbons (Fsp3) is 0.0625. The van der Waals surface area contributed by atoms with Gasteiger partial charge in [0.1, 0.15) is 0 Å². The van der Waals surface area contributed by atoms with Crippen molar-refractivity contribution in [2.45, 2.75) is 19.3 Å². The number of thiophene rings is 1. The first-order valence-corrected chi connectivity index (χ1v) is 18.0. The third-order valence-electron chi connectivity index (χ3n) is 10.0. The van der Waals surface area contributed by atoms with Crippen molar-refractivity contribution in [1.29, 1.82) is 0 Å². The van der Waals surface area contributed by atoms with Gasteiger partial charge in [0.05, 0.1) is 8.22 Å². The van der Waals surface area contributed by atoms with Crippen molar-refractivity contribution in [3.05, 3.63) is 175 Å². The van der Waals surface area contributed by atoms with E-state index >= 15 is 0 Å². The summed E-state index contributed by atoms with van der Waals surface area (Å²) >= 11 is 1.10. The maximum absolute atomic E-state index is 9.60. The average Bonchev–Trinajstić information content (AvgIpc) is 3.77. The van der Waals surface area contributed by atoms with Crippen molar-refractivity contribution in [3.63, 3.8) is 0 Å². The Kier molecular flexibility index (Phi) is 5.70. The number of nitrogens with zero attached hydrogens (tertiary/aromatic N) is 3. The minimum Gasteiger partial charge on any atom is -0.208 e. The van der Waals surface area contributed by atoms with E-state index in [-0.39, 0.29) is 64.0 Å². The van der Waals surface area contributed by atoms with Gasteiger partial charge in [-0.1, -0.05) is 153 Å². The van der Waals surface area contributed by atoms with Gasteiger partial charge in [-0.3, -0.25) is 0 Å². The van der Waals surface area contributed by atoms with Gasteiger partial charge in [-0.15, -0.1) is 11.3 Å². The molecule has 2 aromatic heterocycles. The van der Waals surface area contributed by atoms with Crippen LogP contribution in [0.5, 0.6) is 0 Å². The summed E-state index contributed by atoms with van der Waals surface area (Å²) in [6.07, 6.45) is 0. The van der Waals surface area contributed by atoms with Gasteiger partial charge in [0.15, 0.2) is 17.5 Å². The summed E-state index contributed by atoms with van der Waals surface area (Å²) < 4.78 is 56.2. The number of rotatable bonds is 5. The summed E-state index contributed by atoms with van der Waals surface area (Å²) in [4.78, 5) is 14.9. The molecule has 0 unspecified atom stereocenters. The Hall–Kier alpha value is -6.23.